The van der Waals surface area contributed by atoms with Crippen molar-refractivity contribution < 1.29 is 23.6 Å². The smallest absolute Gasteiger partial charge is 0.338 e. The van der Waals surface area contributed by atoms with Gasteiger partial charge in [0, 0.05) is 24.7 Å². The molecule has 0 atom stereocenters. The SMILES string of the molecule is O=C(OCC(=O)N(Cc1ccc(F)cc1)C1CCCCC1)c1ccc([N+](=O)[O-])cc1. The molecule has 0 spiro atoms. The average molecular weight is 414 g/mol. The van der Waals surface area contributed by atoms with Gasteiger partial charge in [0.2, 0.25) is 0 Å². The Morgan fingerprint density at radius 1 is 1.03 bits per heavy atom. The molecule has 3 rings (SSSR count). The fraction of sp³-hybridized carbons (Fsp3) is 0.364. The van der Waals surface area contributed by atoms with Crippen molar-refractivity contribution >= 4 is 17.6 Å². The monoisotopic (exact) mass is 414 g/mol. The quantitative estimate of drug-likeness (QED) is 0.384. The Labute approximate surface area is 173 Å². The van der Waals surface area contributed by atoms with Gasteiger partial charge >= 0.3 is 5.97 Å². The summed E-state index contributed by atoms with van der Waals surface area (Å²) in [6.07, 6.45) is 4.94. The third-order valence-electron chi connectivity index (χ3n) is 5.24. The zero-order valence-corrected chi connectivity index (χ0v) is 16.5. The first-order chi connectivity index (χ1) is 14.4. The largest absolute Gasteiger partial charge is 0.452 e. The molecule has 0 aliphatic heterocycles. The number of nitro groups is 1. The van der Waals surface area contributed by atoms with Gasteiger partial charge in [-0.05, 0) is 42.7 Å². The summed E-state index contributed by atoms with van der Waals surface area (Å²) >= 11 is 0. The van der Waals surface area contributed by atoms with Gasteiger partial charge in [0.05, 0.1) is 10.5 Å². The molecule has 1 aliphatic rings. The van der Waals surface area contributed by atoms with E-state index >= 15 is 0 Å². The second-order valence-corrected chi connectivity index (χ2v) is 7.32. The molecule has 1 amide bonds. The summed E-state index contributed by atoms with van der Waals surface area (Å²) in [5, 5.41) is 10.7. The second kappa shape index (κ2) is 9.96. The number of nitro benzene ring substituents is 1. The van der Waals surface area contributed by atoms with Crippen LogP contribution in [0.5, 0.6) is 0 Å². The number of esters is 1. The Morgan fingerprint density at radius 2 is 1.67 bits per heavy atom. The maximum Gasteiger partial charge on any atom is 0.338 e. The van der Waals surface area contributed by atoms with Crippen molar-refractivity contribution in [1.82, 2.24) is 4.90 Å². The standard InChI is InChI=1S/C22H23FN2O5/c23-18-10-6-16(7-11-18)14-24(19-4-2-1-3-5-19)21(26)15-30-22(27)17-8-12-20(13-9-17)25(28)29/h6-13,19H,1-5,14-15H2. The zero-order valence-electron chi connectivity index (χ0n) is 16.5. The number of ether oxygens (including phenoxy) is 1. The van der Waals surface area contributed by atoms with Crippen molar-refractivity contribution in [2.75, 3.05) is 6.61 Å². The van der Waals surface area contributed by atoms with Crippen LogP contribution in [-0.4, -0.2) is 34.3 Å². The third-order valence-corrected chi connectivity index (χ3v) is 5.24. The molecule has 0 N–H and O–H groups in total. The number of nitrogens with zero attached hydrogens (tertiary/aromatic N) is 2. The van der Waals surface area contributed by atoms with Crippen molar-refractivity contribution in [3.8, 4) is 0 Å². The molecule has 0 unspecified atom stereocenters. The number of rotatable bonds is 7. The number of carbonyl (C=O) groups is 2. The predicted octanol–water partition coefficient (Wildman–Crippen LogP) is 4.25. The van der Waals surface area contributed by atoms with E-state index in [4.69, 9.17) is 4.74 Å². The van der Waals surface area contributed by atoms with Crippen LogP contribution in [0.1, 0.15) is 48.0 Å². The molecule has 2 aromatic carbocycles. The summed E-state index contributed by atoms with van der Waals surface area (Å²) < 4.78 is 18.4. The molecular weight excluding hydrogens is 391 g/mol. The van der Waals surface area contributed by atoms with E-state index in [1.165, 1.54) is 36.4 Å². The van der Waals surface area contributed by atoms with E-state index in [1.54, 1.807) is 17.0 Å². The fourth-order valence-corrected chi connectivity index (χ4v) is 3.61. The van der Waals surface area contributed by atoms with Gasteiger partial charge in [-0.25, -0.2) is 9.18 Å². The van der Waals surface area contributed by atoms with Crippen LogP contribution in [-0.2, 0) is 16.1 Å². The average Bonchev–Trinajstić information content (AvgIpc) is 2.77. The minimum atomic E-state index is -0.719. The highest BCUT2D eigenvalue weighted by Crippen LogP contribution is 2.24. The predicted molar refractivity (Wildman–Crippen MR) is 107 cm³/mol. The number of hydrogen-bond donors (Lipinski definition) is 0. The molecule has 0 bridgehead atoms. The van der Waals surface area contributed by atoms with Crippen LogP contribution in [0.4, 0.5) is 10.1 Å². The van der Waals surface area contributed by atoms with E-state index in [0.717, 1.165) is 37.7 Å². The number of halogens is 1. The van der Waals surface area contributed by atoms with E-state index in [-0.39, 0.29) is 29.0 Å². The molecule has 0 radical (unpaired) electrons. The van der Waals surface area contributed by atoms with Crippen molar-refractivity contribution in [2.45, 2.75) is 44.7 Å². The van der Waals surface area contributed by atoms with E-state index < -0.39 is 17.5 Å². The molecule has 8 heteroatoms. The normalized spacial score (nSPS) is 14.2. The van der Waals surface area contributed by atoms with Gasteiger partial charge in [0.25, 0.3) is 11.6 Å². The Morgan fingerprint density at radius 3 is 2.27 bits per heavy atom. The van der Waals surface area contributed by atoms with Crippen LogP contribution in [0.3, 0.4) is 0 Å². The van der Waals surface area contributed by atoms with Crippen molar-refractivity contribution in [1.29, 1.82) is 0 Å². The van der Waals surface area contributed by atoms with Gasteiger partial charge in [-0.15, -0.1) is 0 Å². The van der Waals surface area contributed by atoms with E-state index in [2.05, 4.69) is 0 Å². The van der Waals surface area contributed by atoms with Crippen LogP contribution in [0, 0.1) is 15.9 Å². The van der Waals surface area contributed by atoms with Crippen LogP contribution >= 0.6 is 0 Å². The van der Waals surface area contributed by atoms with Gasteiger partial charge in [0.15, 0.2) is 6.61 Å². The molecule has 1 saturated carbocycles. The van der Waals surface area contributed by atoms with Crippen molar-refractivity contribution in [3.05, 3.63) is 75.6 Å². The molecule has 0 aromatic heterocycles. The lowest BCUT2D eigenvalue weighted by atomic mass is 9.93. The summed E-state index contributed by atoms with van der Waals surface area (Å²) in [6, 6.07) is 11.0. The van der Waals surface area contributed by atoms with Gasteiger partial charge < -0.3 is 9.64 Å². The molecular formula is C22H23FN2O5. The summed E-state index contributed by atoms with van der Waals surface area (Å²) in [6.45, 7) is -0.105. The topological polar surface area (TPSA) is 89.8 Å². The molecule has 1 aliphatic carbocycles. The lowest BCUT2D eigenvalue weighted by Crippen LogP contribution is -2.43. The maximum absolute atomic E-state index is 13.2. The lowest BCUT2D eigenvalue weighted by molar-refractivity contribution is -0.384. The Bertz CT molecular complexity index is 893. The first-order valence-corrected chi connectivity index (χ1v) is 9.89. The lowest BCUT2D eigenvalue weighted by Gasteiger charge is -2.34. The molecule has 7 nitrogen and oxygen atoms in total. The summed E-state index contributed by atoms with van der Waals surface area (Å²) in [5.74, 6) is -1.38. The highest BCUT2D eigenvalue weighted by molar-refractivity contribution is 5.91. The Balaban J connectivity index is 1.65. The molecule has 2 aromatic rings. The highest BCUT2D eigenvalue weighted by atomic mass is 19.1. The second-order valence-electron chi connectivity index (χ2n) is 7.32. The van der Waals surface area contributed by atoms with Gasteiger partial charge in [0.1, 0.15) is 5.82 Å². The molecule has 0 saturated heterocycles. The number of carbonyl (C=O) groups excluding carboxylic acids is 2. The first kappa shape index (κ1) is 21.4. The minimum absolute atomic E-state index is 0.0504. The summed E-state index contributed by atoms with van der Waals surface area (Å²) in [5.41, 5.74) is 0.804. The number of hydrogen-bond acceptors (Lipinski definition) is 5. The number of amides is 1. The first-order valence-electron chi connectivity index (χ1n) is 9.89. The van der Waals surface area contributed by atoms with Gasteiger partial charge in [-0.1, -0.05) is 31.4 Å². The highest BCUT2D eigenvalue weighted by Gasteiger charge is 2.26. The Kier molecular flexibility index (Phi) is 7.11. The third kappa shape index (κ3) is 5.62. The van der Waals surface area contributed by atoms with Crippen LogP contribution in [0.15, 0.2) is 48.5 Å². The van der Waals surface area contributed by atoms with E-state index in [9.17, 15) is 24.1 Å². The molecule has 30 heavy (non-hydrogen) atoms. The fourth-order valence-electron chi connectivity index (χ4n) is 3.61. The maximum atomic E-state index is 13.2. The van der Waals surface area contributed by atoms with E-state index in [0.29, 0.717) is 6.54 Å². The van der Waals surface area contributed by atoms with Crippen LogP contribution in [0.25, 0.3) is 0 Å². The van der Waals surface area contributed by atoms with Crippen LogP contribution in [0.2, 0.25) is 0 Å². The van der Waals surface area contributed by atoms with Crippen molar-refractivity contribution in [2.24, 2.45) is 0 Å². The van der Waals surface area contributed by atoms with E-state index in [1.807, 2.05) is 0 Å². The summed E-state index contributed by atoms with van der Waals surface area (Å²) in [7, 11) is 0. The molecule has 0 heterocycles. The van der Waals surface area contributed by atoms with Crippen molar-refractivity contribution in [3.63, 3.8) is 0 Å². The Hall–Kier alpha value is -3.29. The molecule has 158 valence electrons. The number of benzene rings is 2. The number of non-ortho nitro benzene ring substituents is 1. The van der Waals surface area contributed by atoms with Gasteiger partial charge in [-0.3, -0.25) is 14.9 Å². The molecule has 1 fully saturated rings. The van der Waals surface area contributed by atoms with Gasteiger partial charge in [-0.2, -0.15) is 0 Å². The van der Waals surface area contributed by atoms with Crippen LogP contribution < -0.4 is 0 Å². The zero-order chi connectivity index (χ0) is 21.5. The minimum Gasteiger partial charge on any atom is -0.452 e. The summed E-state index contributed by atoms with van der Waals surface area (Å²) in [4.78, 5) is 37.0.